The van der Waals surface area contributed by atoms with Crippen molar-refractivity contribution < 1.29 is 19.8 Å². The molecule has 9 nitrogen and oxygen atoms in total. The first kappa shape index (κ1) is 12.6. The molecule has 0 spiro atoms. The Kier molecular flexibility index (Phi) is 4.14. The lowest BCUT2D eigenvalue weighted by atomic mass is 10.2. The van der Waals surface area contributed by atoms with Crippen LogP contribution in [0.25, 0.3) is 0 Å². The van der Waals surface area contributed by atoms with E-state index in [1.807, 2.05) is 0 Å². The van der Waals surface area contributed by atoms with E-state index in [9.17, 15) is 20.2 Å². The summed E-state index contributed by atoms with van der Waals surface area (Å²) >= 11 is 0. The highest BCUT2D eigenvalue weighted by molar-refractivity contribution is 5.19. The van der Waals surface area contributed by atoms with E-state index in [4.69, 9.17) is 0 Å². The molecule has 0 aliphatic rings. The fraction of sp³-hybridized carbons (Fsp3) is 0.375. The second-order valence-corrected chi connectivity index (χ2v) is 3.12. The first-order valence-electron chi connectivity index (χ1n) is 4.48. The summed E-state index contributed by atoms with van der Waals surface area (Å²) in [6.45, 7) is 1.12. The van der Waals surface area contributed by atoms with Gasteiger partial charge in [-0.25, -0.2) is 0 Å². The van der Waals surface area contributed by atoms with Gasteiger partial charge in [0.1, 0.15) is 13.2 Å². The van der Waals surface area contributed by atoms with Gasteiger partial charge in [-0.3, -0.25) is 4.98 Å². The fourth-order valence-corrected chi connectivity index (χ4v) is 1.20. The van der Waals surface area contributed by atoms with Crippen LogP contribution in [0.15, 0.2) is 12.1 Å². The van der Waals surface area contributed by atoms with Crippen LogP contribution in [-0.4, -0.2) is 15.2 Å². The zero-order chi connectivity index (χ0) is 12.8. The molecule has 1 heterocycles. The molecule has 9 heteroatoms. The summed E-state index contributed by atoms with van der Waals surface area (Å²) in [4.78, 5) is 32.2. The largest absolute Gasteiger partial charge is 0.307 e. The number of hydrogen-bond donors (Lipinski definition) is 0. The summed E-state index contributed by atoms with van der Waals surface area (Å²) < 4.78 is 0. The monoisotopic (exact) mass is 243 g/mol. The maximum atomic E-state index is 10.00. The van der Waals surface area contributed by atoms with Gasteiger partial charge in [0.15, 0.2) is 0 Å². The van der Waals surface area contributed by atoms with Gasteiger partial charge in [0, 0.05) is 0 Å². The molecule has 0 radical (unpaired) electrons. The smallest absolute Gasteiger partial charge is 0.294 e. The van der Waals surface area contributed by atoms with E-state index in [2.05, 4.69) is 14.7 Å². The molecular weight excluding hydrogens is 234 g/mol. The van der Waals surface area contributed by atoms with Crippen molar-refractivity contribution in [3.8, 4) is 0 Å². The average molecular weight is 243 g/mol. The summed E-state index contributed by atoms with van der Waals surface area (Å²) in [5.74, 6) is 0. The van der Waals surface area contributed by atoms with E-state index in [0.717, 1.165) is 5.56 Å². The minimum absolute atomic E-state index is 0.305. The summed E-state index contributed by atoms with van der Waals surface area (Å²) in [6, 6.07) is 3.16. The first-order valence-corrected chi connectivity index (χ1v) is 4.48. The fourth-order valence-electron chi connectivity index (χ4n) is 1.20. The van der Waals surface area contributed by atoms with Gasteiger partial charge in [-0.2, -0.15) is 0 Å². The molecule has 0 aromatic carbocycles. The number of aromatic nitrogens is 1. The molecule has 0 atom stereocenters. The molecule has 17 heavy (non-hydrogen) atoms. The average Bonchev–Trinajstić information content (AvgIpc) is 2.23. The third kappa shape index (κ3) is 4.73. The highest BCUT2D eigenvalue weighted by atomic mass is 17.0. The molecule has 0 unspecified atom stereocenters. The number of rotatable bonds is 6. The van der Waals surface area contributed by atoms with Crippen molar-refractivity contribution >= 4 is 0 Å². The van der Waals surface area contributed by atoms with Crippen LogP contribution in [0.2, 0.25) is 0 Å². The predicted molar refractivity (Wildman–Crippen MR) is 52.5 cm³/mol. The SMILES string of the molecule is Cc1cc(CO[N+](=O)[O-])nc(CO[N+](=O)[O-])c1. The maximum Gasteiger partial charge on any atom is 0.294 e. The molecule has 0 saturated heterocycles. The van der Waals surface area contributed by atoms with Crippen LogP contribution in [0.4, 0.5) is 0 Å². The minimum atomic E-state index is -0.933. The van der Waals surface area contributed by atoms with Gasteiger partial charge in [-0.15, -0.1) is 20.2 Å². The number of nitrogens with zero attached hydrogens (tertiary/aromatic N) is 3. The Hall–Kier alpha value is -2.45. The van der Waals surface area contributed by atoms with Crippen molar-refractivity contribution in [1.29, 1.82) is 0 Å². The molecule has 0 aliphatic heterocycles. The van der Waals surface area contributed by atoms with Gasteiger partial charge in [0.2, 0.25) is 0 Å². The normalized spacial score (nSPS) is 9.71. The van der Waals surface area contributed by atoms with Gasteiger partial charge < -0.3 is 9.68 Å². The molecule has 1 aromatic heterocycles. The van der Waals surface area contributed by atoms with Crippen molar-refractivity contribution in [2.24, 2.45) is 0 Å². The first-order chi connectivity index (χ1) is 7.97. The quantitative estimate of drug-likeness (QED) is 0.535. The van der Waals surface area contributed by atoms with E-state index in [1.165, 1.54) is 0 Å². The number of aryl methyl sites for hydroxylation is 1. The van der Waals surface area contributed by atoms with Gasteiger partial charge in [-0.1, -0.05) is 0 Å². The van der Waals surface area contributed by atoms with Crippen LogP contribution in [0.5, 0.6) is 0 Å². The van der Waals surface area contributed by atoms with Crippen LogP contribution in [0, 0.1) is 27.2 Å². The van der Waals surface area contributed by atoms with Crippen molar-refractivity contribution in [2.45, 2.75) is 20.1 Å². The third-order valence-electron chi connectivity index (χ3n) is 1.71. The lowest BCUT2D eigenvalue weighted by Gasteiger charge is -2.05. The van der Waals surface area contributed by atoms with Crippen molar-refractivity contribution in [2.75, 3.05) is 0 Å². The zero-order valence-corrected chi connectivity index (χ0v) is 8.86. The molecule has 92 valence electrons. The Balaban J connectivity index is 2.71. The topological polar surface area (TPSA) is 118 Å². The van der Waals surface area contributed by atoms with Gasteiger partial charge in [0.25, 0.3) is 10.2 Å². The predicted octanol–water partition coefficient (Wildman–Crippen LogP) is 0.807. The zero-order valence-electron chi connectivity index (χ0n) is 8.86. The molecule has 0 bridgehead atoms. The Morgan fingerprint density at radius 3 is 1.88 bits per heavy atom. The van der Waals surface area contributed by atoms with Gasteiger partial charge in [0.05, 0.1) is 11.4 Å². The Bertz CT molecular complexity index is 399. The van der Waals surface area contributed by atoms with Crippen LogP contribution in [-0.2, 0) is 22.9 Å². The Morgan fingerprint density at radius 2 is 1.53 bits per heavy atom. The molecule has 1 rings (SSSR count). The second-order valence-electron chi connectivity index (χ2n) is 3.12. The van der Waals surface area contributed by atoms with Crippen molar-refractivity contribution in [1.82, 2.24) is 4.98 Å². The Labute approximate surface area is 95.2 Å². The summed E-state index contributed by atoms with van der Waals surface area (Å²) in [5.41, 5.74) is 1.37. The van der Waals surface area contributed by atoms with E-state index >= 15 is 0 Å². The van der Waals surface area contributed by atoms with Gasteiger partial charge in [-0.05, 0) is 24.6 Å². The van der Waals surface area contributed by atoms with E-state index in [-0.39, 0.29) is 13.2 Å². The summed E-state index contributed by atoms with van der Waals surface area (Å²) in [5, 5.41) is 18.1. The molecule has 0 aliphatic carbocycles. The molecule has 1 aromatic rings. The molecule has 0 saturated carbocycles. The van der Waals surface area contributed by atoms with E-state index in [0.29, 0.717) is 11.4 Å². The van der Waals surface area contributed by atoms with Gasteiger partial charge >= 0.3 is 0 Å². The highest BCUT2D eigenvalue weighted by Crippen LogP contribution is 2.07. The standard InChI is InChI=1S/C8H9N3O6/c1-6-2-7(4-16-10(12)13)9-8(3-6)5-17-11(14)15/h2-3H,4-5H2,1H3. The third-order valence-corrected chi connectivity index (χ3v) is 1.71. The minimum Gasteiger partial charge on any atom is -0.307 e. The van der Waals surface area contributed by atoms with Crippen LogP contribution in [0.1, 0.15) is 17.0 Å². The summed E-state index contributed by atoms with van der Waals surface area (Å²) in [7, 11) is 0. The molecular formula is C8H9N3O6. The van der Waals surface area contributed by atoms with Crippen LogP contribution in [0.3, 0.4) is 0 Å². The number of hydrogen-bond acceptors (Lipinski definition) is 7. The lowest BCUT2D eigenvalue weighted by Crippen LogP contribution is -2.06. The van der Waals surface area contributed by atoms with E-state index in [1.54, 1.807) is 19.1 Å². The maximum absolute atomic E-state index is 10.00. The van der Waals surface area contributed by atoms with Crippen molar-refractivity contribution in [3.63, 3.8) is 0 Å². The molecule has 0 amide bonds. The molecule has 0 fully saturated rings. The van der Waals surface area contributed by atoms with Crippen LogP contribution < -0.4 is 0 Å². The van der Waals surface area contributed by atoms with Crippen LogP contribution >= 0.6 is 0 Å². The highest BCUT2D eigenvalue weighted by Gasteiger charge is 2.05. The second kappa shape index (κ2) is 5.58. The summed E-state index contributed by atoms with van der Waals surface area (Å²) in [6.07, 6.45) is 0. The lowest BCUT2D eigenvalue weighted by molar-refractivity contribution is -0.763. The number of pyridine rings is 1. The molecule has 0 N–H and O–H groups in total. The van der Waals surface area contributed by atoms with Crippen molar-refractivity contribution in [3.05, 3.63) is 49.3 Å². The van der Waals surface area contributed by atoms with E-state index < -0.39 is 10.2 Å². The Morgan fingerprint density at radius 1 is 1.12 bits per heavy atom.